The highest BCUT2D eigenvalue weighted by atomic mass is 35.5. The van der Waals surface area contributed by atoms with Crippen LogP contribution in [0.4, 0.5) is 10.5 Å². The van der Waals surface area contributed by atoms with Crippen molar-refractivity contribution < 1.29 is 24.2 Å². The van der Waals surface area contributed by atoms with Gasteiger partial charge in [0.15, 0.2) is 0 Å². The van der Waals surface area contributed by atoms with Crippen molar-refractivity contribution in [3.63, 3.8) is 0 Å². The van der Waals surface area contributed by atoms with E-state index in [4.69, 9.17) is 21.4 Å². The summed E-state index contributed by atoms with van der Waals surface area (Å²) in [7, 11) is 0. The fourth-order valence-corrected chi connectivity index (χ4v) is 4.13. The molecule has 1 aliphatic rings. The molecule has 0 aromatic heterocycles. The molecule has 160 valence electrons. The summed E-state index contributed by atoms with van der Waals surface area (Å²) in [6, 6.07) is 20.2. The van der Waals surface area contributed by atoms with Gasteiger partial charge in [0.2, 0.25) is 0 Å². The molecule has 2 amide bonds. The molecule has 32 heavy (non-hydrogen) atoms. The summed E-state index contributed by atoms with van der Waals surface area (Å²) in [5, 5.41) is 8.89. The minimum Gasteiger partial charge on any atom is -0.488 e. The van der Waals surface area contributed by atoms with Gasteiger partial charge in [-0.25, -0.2) is 9.69 Å². The van der Waals surface area contributed by atoms with Crippen LogP contribution in [-0.4, -0.2) is 22.2 Å². The van der Waals surface area contributed by atoms with Crippen LogP contribution in [0, 0.1) is 0 Å². The molecule has 0 bridgehead atoms. The van der Waals surface area contributed by atoms with Crippen molar-refractivity contribution in [1.29, 1.82) is 0 Å². The fraction of sp³-hybridized carbons (Fsp3) is 0.0417. The summed E-state index contributed by atoms with van der Waals surface area (Å²) >= 11 is 7.00. The fourth-order valence-electron chi connectivity index (χ4n) is 3.09. The molecule has 0 spiro atoms. The number of benzene rings is 3. The average molecular weight is 466 g/mol. The molecule has 1 fully saturated rings. The highest BCUT2D eigenvalue weighted by molar-refractivity contribution is 8.19. The number of carboxylic acid groups (broad SMARTS) is 1. The van der Waals surface area contributed by atoms with Gasteiger partial charge in [-0.05, 0) is 53.7 Å². The third kappa shape index (κ3) is 4.54. The molecule has 6 nitrogen and oxygen atoms in total. The zero-order valence-electron chi connectivity index (χ0n) is 16.5. The van der Waals surface area contributed by atoms with Gasteiger partial charge < -0.3 is 9.84 Å². The summed E-state index contributed by atoms with van der Waals surface area (Å²) in [6.07, 6.45) is 1.62. The zero-order valence-corrected chi connectivity index (χ0v) is 18.1. The quantitative estimate of drug-likeness (QED) is 0.459. The Morgan fingerprint density at radius 3 is 2.41 bits per heavy atom. The van der Waals surface area contributed by atoms with Gasteiger partial charge in [0, 0.05) is 5.56 Å². The monoisotopic (exact) mass is 465 g/mol. The van der Waals surface area contributed by atoms with Gasteiger partial charge in [-0.2, -0.15) is 0 Å². The van der Waals surface area contributed by atoms with E-state index in [0.29, 0.717) is 22.0 Å². The Bertz CT molecular complexity index is 1240. The first-order valence-corrected chi connectivity index (χ1v) is 10.7. The van der Waals surface area contributed by atoms with E-state index >= 15 is 0 Å². The number of carboxylic acids is 1. The first-order chi connectivity index (χ1) is 15.4. The minimum absolute atomic E-state index is 0.198. The highest BCUT2D eigenvalue weighted by Crippen LogP contribution is 2.39. The second-order valence-electron chi connectivity index (χ2n) is 6.80. The lowest BCUT2D eigenvalue weighted by atomic mass is 10.1. The van der Waals surface area contributed by atoms with Crippen molar-refractivity contribution in [3.8, 4) is 5.75 Å². The van der Waals surface area contributed by atoms with Crippen LogP contribution in [0.5, 0.6) is 5.75 Å². The third-order valence-corrected chi connectivity index (χ3v) is 5.88. The number of thioether (sulfide) groups is 1. The van der Waals surface area contributed by atoms with Gasteiger partial charge in [0.1, 0.15) is 12.4 Å². The van der Waals surface area contributed by atoms with Crippen LogP contribution < -0.4 is 9.64 Å². The molecule has 4 rings (SSSR count). The Morgan fingerprint density at radius 1 is 1.00 bits per heavy atom. The van der Waals surface area contributed by atoms with Gasteiger partial charge in [-0.3, -0.25) is 9.59 Å². The number of nitrogens with zero attached hydrogens (tertiary/aromatic N) is 1. The summed E-state index contributed by atoms with van der Waals surface area (Å²) in [5.74, 6) is -0.917. The molecule has 0 saturated carbocycles. The van der Waals surface area contributed by atoms with Crippen LogP contribution in [-0.2, 0) is 11.4 Å². The molecular formula is C24H16ClNO5S. The van der Waals surface area contributed by atoms with Gasteiger partial charge in [0.05, 0.1) is 21.2 Å². The number of para-hydroxylation sites is 2. The summed E-state index contributed by atoms with van der Waals surface area (Å²) in [4.78, 5) is 37.7. The molecule has 1 heterocycles. The maximum Gasteiger partial charge on any atom is 0.335 e. The molecule has 1 N–H and O–H groups in total. The first-order valence-electron chi connectivity index (χ1n) is 9.50. The molecular weight excluding hydrogens is 450 g/mol. The van der Waals surface area contributed by atoms with Crippen LogP contribution in [0.25, 0.3) is 6.08 Å². The lowest BCUT2D eigenvalue weighted by Gasteiger charge is -2.13. The number of imide groups is 1. The van der Waals surface area contributed by atoms with Crippen molar-refractivity contribution in [2.24, 2.45) is 0 Å². The van der Waals surface area contributed by atoms with Crippen LogP contribution >= 0.6 is 23.4 Å². The van der Waals surface area contributed by atoms with Crippen LogP contribution in [0.3, 0.4) is 0 Å². The molecule has 0 aliphatic carbocycles. The highest BCUT2D eigenvalue weighted by Gasteiger charge is 2.37. The summed E-state index contributed by atoms with van der Waals surface area (Å²) in [6.45, 7) is 0.214. The predicted octanol–water partition coefficient (Wildman–Crippen LogP) is 5.86. The summed E-state index contributed by atoms with van der Waals surface area (Å²) in [5.41, 5.74) is 1.97. The maximum atomic E-state index is 12.9. The van der Waals surface area contributed by atoms with E-state index in [-0.39, 0.29) is 17.1 Å². The van der Waals surface area contributed by atoms with E-state index in [1.807, 2.05) is 0 Å². The third-order valence-electron chi connectivity index (χ3n) is 4.69. The molecule has 0 radical (unpaired) electrons. The molecule has 1 saturated heterocycles. The van der Waals surface area contributed by atoms with Crippen LogP contribution in [0.15, 0.2) is 77.7 Å². The van der Waals surface area contributed by atoms with Crippen molar-refractivity contribution in [1.82, 2.24) is 0 Å². The van der Waals surface area contributed by atoms with Gasteiger partial charge in [0.25, 0.3) is 11.1 Å². The zero-order chi connectivity index (χ0) is 22.7. The second kappa shape index (κ2) is 9.30. The Kier molecular flexibility index (Phi) is 6.30. The molecule has 8 heteroatoms. The first kappa shape index (κ1) is 21.7. The van der Waals surface area contributed by atoms with Crippen molar-refractivity contribution in [2.45, 2.75) is 6.61 Å². The summed E-state index contributed by atoms with van der Waals surface area (Å²) < 4.78 is 5.89. The van der Waals surface area contributed by atoms with Crippen molar-refractivity contribution in [2.75, 3.05) is 4.90 Å². The van der Waals surface area contributed by atoms with E-state index in [1.165, 1.54) is 12.1 Å². The maximum absolute atomic E-state index is 12.9. The Balaban J connectivity index is 1.55. The molecule has 1 aliphatic heterocycles. The average Bonchev–Trinajstić information content (AvgIpc) is 3.06. The smallest absolute Gasteiger partial charge is 0.335 e. The lowest BCUT2D eigenvalue weighted by Crippen LogP contribution is -2.27. The van der Waals surface area contributed by atoms with Crippen LogP contribution in [0.1, 0.15) is 21.5 Å². The van der Waals surface area contributed by atoms with Gasteiger partial charge >= 0.3 is 5.97 Å². The van der Waals surface area contributed by atoms with Gasteiger partial charge in [-0.15, -0.1) is 0 Å². The van der Waals surface area contributed by atoms with E-state index < -0.39 is 17.1 Å². The number of rotatable bonds is 6. The largest absolute Gasteiger partial charge is 0.488 e. The Morgan fingerprint density at radius 2 is 1.69 bits per heavy atom. The Hall–Kier alpha value is -3.55. The molecule has 0 unspecified atom stereocenters. The number of anilines is 1. The van der Waals surface area contributed by atoms with E-state index in [1.54, 1.807) is 66.7 Å². The number of aromatic carboxylic acids is 1. The number of ether oxygens (including phenoxy) is 1. The standard InChI is InChI=1S/C24H16ClNO5S/c25-18-6-2-3-7-19(18)26-22(27)21(32-24(26)30)13-17-5-1-4-8-20(17)31-14-15-9-11-16(12-10-15)23(28)29/h1-13H,14H2,(H,28,29)/b21-13-. The topological polar surface area (TPSA) is 83.9 Å². The van der Waals surface area contributed by atoms with Crippen LogP contribution in [0.2, 0.25) is 5.02 Å². The Labute approximate surface area is 193 Å². The number of hydrogen-bond acceptors (Lipinski definition) is 5. The van der Waals surface area contributed by atoms with Crippen molar-refractivity contribution in [3.05, 3.63) is 99.4 Å². The molecule has 3 aromatic carbocycles. The lowest BCUT2D eigenvalue weighted by molar-refractivity contribution is -0.113. The second-order valence-corrected chi connectivity index (χ2v) is 8.20. The number of halogens is 1. The number of amides is 2. The normalized spacial score (nSPS) is 14.8. The number of carbonyl (C=O) groups excluding carboxylic acids is 2. The predicted molar refractivity (Wildman–Crippen MR) is 124 cm³/mol. The number of hydrogen-bond donors (Lipinski definition) is 1. The molecule has 3 aromatic rings. The van der Waals surface area contributed by atoms with E-state index in [9.17, 15) is 14.4 Å². The van der Waals surface area contributed by atoms with Gasteiger partial charge in [-0.1, -0.05) is 54.1 Å². The van der Waals surface area contributed by atoms with E-state index in [0.717, 1.165) is 22.2 Å². The van der Waals surface area contributed by atoms with E-state index in [2.05, 4.69) is 0 Å². The number of carbonyl (C=O) groups is 3. The SMILES string of the molecule is O=C(O)c1ccc(COc2ccccc2/C=C2\SC(=O)N(c3ccccc3Cl)C2=O)cc1. The minimum atomic E-state index is -0.992. The molecule has 0 atom stereocenters. The van der Waals surface area contributed by atoms with Crippen molar-refractivity contribution >= 4 is 52.2 Å².